The van der Waals surface area contributed by atoms with Crippen LogP contribution in [0.25, 0.3) is 0 Å². The Morgan fingerprint density at radius 3 is 2.77 bits per heavy atom. The third-order valence-electron chi connectivity index (χ3n) is 4.35. The summed E-state index contributed by atoms with van der Waals surface area (Å²) in [6, 6.07) is 10.9. The van der Waals surface area contributed by atoms with Gasteiger partial charge in [0.15, 0.2) is 0 Å². The Morgan fingerprint density at radius 2 is 2.12 bits per heavy atom. The van der Waals surface area contributed by atoms with Gasteiger partial charge in [-0.15, -0.1) is 0 Å². The van der Waals surface area contributed by atoms with E-state index in [1.165, 1.54) is 0 Å². The molecular formula is C20H22N2O4. The second kappa shape index (κ2) is 7.99. The molecule has 3 rings (SSSR count). The fourth-order valence-corrected chi connectivity index (χ4v) is 2.69. The molecule has 1 aromatic heterocycles. The molecule has 2 aromatic rings. The number of carbonyl (C=O) groups excluding carboxylic acids is 1. The molecule has 1 aliphatic rings. The molecule has 6 nitrogen and oxygen atoms in total. The van der Waals surface area contributed by atoms with Crippen LogP contribution in [0.4, 0.5) is 0 Å². The molecule has 1 aliphatic carbocycles. The molecule has 26 heavy (non-hydrogen) atoms. The van der Waals surface area contributed by atoms with Crippen LogP contribution in [-0.2, 0) is 11.4 Å². The predicted octanol–water partition coefficient (Wildman–Crippen LogP) is 2.99. The molecule has 1 N–H and O–H groups in total. The maximum Gasteiger partial charge on any atom is 0.308 e. The van der Waals surface area contributed by atoms with Crippen LogP contribution in [0, 0.1) is 5.92 Å². The van der Waals surface area contributed by atoms with Crippen LogP contribution in [0.5, 0.6) is 5.75 Å². The minimum atomic E-state index is -0.892. The molecule has 0 saturated heterocycles. The number of amides is 1. The van der Waals surface area contributed by atoms with Crippen LogP contribution in [-0.4, -0.2) is 39.5 Å². The van der Waals surface area contributed by atoms with Crippen molar-refractivity contribution in [2.24, 2.45) is 5.92 Å². The summed E-state index contributed by atoms with van der Waals surface area (Å²) in [6.07, 6.45) is 5.29. The summed E-state index contributed by atoms with van der Waals surface area (Å²) in [5.41, 5.74) is 1.46. The van der Waals surface area contributed by atoms with Gasteiger partial charge in [-0.05, 0) is 37.1 Å². The van der Waals surface area contributed by atoms with Crippen LogP contribution >= 0.6 is 0 Å². The minimum absolute atomic E-state index is 0.143. The van der Waals surface area contributed by atoms with Crippen LogP contribution in [0.15, 0.2) is 48.8 Å². The lowest BCUT2D eigenvalue weighted by Gasteiger charge is -2.24. The van der Waals surface area contributed by atoms with Crippen LogP contribution < -0.4 is 4.74 Å². The van der Waals surface area contributed by atoms with Gasteiger partial charge < -0.3 is 14.7 Å². The summed E-state index contributed by atoms with van der Waals surface area (Å²) in [4.78, 5) is 29.8. The smallest absolute Gasteiger partial charge is 0.308 e. The second-order valence-electron chi connectivity index (χ2n) is 6.61. The fraction of sp³-hybridized carbons (Fsp3) is 0.350. The fourth-order valence-electron chi connectivity index (χ4n) is 2.69. The van der Waals surface area contributed by atoms with Crippen molar-refractivity contribution in [3.63, 3.8) is 0 Å². The maximum absolute atomic E-state index is 12.9. The van der Waals surface area contributed by atoms with Crippen molar-refractivity contribution >= 4 is 11.9 Å². The standard InChI is InChI=1S/C20H22N2O4/c1-14(20(24)25)12-22(17-7-8-17)19(23)16-5-2-6-18(10-16)26-13-15-4-3-9-21-11-15/h2-6,9-11,14,17H,7-8,12-13H2,1H3,(H,24,25)/t14-/m1/s1. The highest BCUT2D eigenvalue weighted by atomic mass is 16.5. The lowest BCUT2D eigenvalue weighted by molar-refractivity contribution is -0.141. The van der Waals surface area contributed by atoms with Crippen molar-refractivity contribution in [1.82, 2.24) is 9.88 Å². The first-order valence-corrected chi connectivity index (χ1v) is 8.70. The summed E-state index contributed by atoms with van der Waals surface area (Å²) in [6.45, 7) is 2.21. The van der Waals surface area contributed by atoms with E-state index >= 15 is 0 Å². The van der Waals surface area contributed by atoms with Gasteiger partial charge in [-0.1, -0.05) is 19.1 Å². The summed E-state index contributed by atoms with van der Waals surface area (Å²) in [5.74, 6) is -1.03. The van der Waals surface area contributed by atoms with Crippen molar-refractivity contribution in [1.29, 1.82) is 0 Å². The number of hydrogen-bond donors (Lipinski definition) is 1. The first-order chi connectivity index (χ1) is 12.5. The van der Waals surface area contributed by atoms with Gasteiger partial charge in [0, 0.05) is 36.1 Å². The number of rotatable bonds is 8. The maximum atomic E-state index is 12.9. The van der Waals surface area contributed by atoms with Gasteiger partial charge in [0.25, 0.3) is 5.91 Å². The van der Waals surface area contributed by atoms with Crippen molar-refractivity contribution in [3.05, 3.63) is 59.9 Å². The molecule has 0 unspecified atom stereocenters. The lowest BCUT2D eigenvalue weighted by atomic mass is 10.1. The van der Waals surface area contributed by atoms with Crippen molar-refractivity contribution < 1.29 is 19.4 Å². The topological polar surface area (TPSA) is 79.7 Å². The normalized spacial score (nSPS) is 14.5. The molecule has 136 valence electrons. The van der Waals surface area contributed by atoms with E-state index in [2.05, 4.69) is 4.98 Å². The zero-order chi connectivity index (χ0) is 18.5. The number of hydrogen-bond acceptors (Lipinski definition) is 4. The summed E-state index contributed by atoms with van der Waals surface area (Å²) < 4.78 is 5.75. The number of benzene rings is 1. The highest BCUT2D eigenvalue weighted by Crippen LogP contribution is 2.29. The van der Waals surface area contributed by atoms with E-state index in [0.29, 0.717) is 17.9 Å². The van der Waals surface area contributed by atoms with Gasteiger partial charge in [-0.2, -0.15) is 0 Å². The van der Waals surface area contributed by atoms with E-state index < -0.39 is 11.9 Å². The number of nitrogens with zero attached hydrogens (tertiary/aromatic N) is 2. The van der Waals surface area contributed by atoms with E-state index in [-0.39, 0.29) is 18.5 Å². The number of ether oxygens (including phenoxy) is 1. The first kappa shape index (κ1) is 17.9. The monoisotopic (exact) mass is 354 g/mol. The van der Waals surface area contributed by atoms with Crippen molar-refractivity contribution in [2.45, 2.75) is 32.4 Å². The molecule has 0 spiro atoms. The molecule has 1 heterocycles. The van der Waals surface area contributed by atoms with Crippen LogP contribution in [0.2, 0.25) is 0 Å². The Balaban J connectivity index is 1.69. The van der Waals surface area contributed by atoms with Gasteiger partial charge in [0.2, 0.25) is 0 Å². The van der Waals surface area contributed by atoms with Gasteiger partial charge in [0.05, 0.1) is 5.92 Å². The molecular weight excluding hydrogens is 332 g/mol. The summed E-state index contributed by atoms with van der Waals surface area (Å²) in [7, 11) is 0. The second-order valence-corrected chi connectivity index (χ2v) is 6.61. The Morgan fingerprint density at radius 1 is 1.31 bits per heavy atom. The third-order valence-corrected chi connectivity index (χ3v) is 4.35. The lowest BCUT2D eigenvalue weighted by Crippen LogP contribution is -2.38. The van der Waals surface area contributed by atoms with Crippen LogP contribution in [0.3, 0.4) is 0 Å². The van der Waals surface area contributed by atoms with Gasteiger partial charge in [-0.25, -0.2) is 0 Å². The van der Waals surface area contributed by atoms with Gasteiger partial charge in [0.1, 0.15) is 12.4 Å². The zero-order valence-electron chi connectivity index (χ0n) is 14.7. The highest BCUT2D eigenvalue weighted by molar-refractivity contribution is 5.95. The molecule has 1 aromatic carbocycles. The van der Waals surface area contributed by atoms with E-state index in [1.807, 2.05) is 12.1 Å². The Hall–Kier alpha value is -2.89. The quantitative estimate of drug-likeness (QED) is 0.788. The molecule has 1 amide bonds. The molecule has 0 bridgehead atoms. The largest absolute Gasteiger partial charge is 0.489 e. The molecule has 1 atom stereocenters. The number of aromatic nitrogens is 1. The van der Waals surface area contributed by atoms with E-state index in [0.717, 1.165) is 18.4 Å². The summed E-state index contributed by atoms with van der Waals surface area (Å²) >= 11 is 0. The SMILES string of the molecule is C[C@H](CN(C(=O)c1cccc(OCc2cccnc2)c1)C1CC1)C(=O)O. The van der Waals surface area contributed by atoms with Crippen molar-refractivity contribution in [3.8, 4) is 5.75 Å². The predicted molar refractivity (Wildman–Crippen MR) is 95.9 cm³/mol. The van der Waals surface area contributed by atoms with Gasteiger partial charge >= 0.3 is 5.97 Å². The number of carboxylic acid groups (broad SMARTS) is 1. The number of pyridine rings is 1. The molecule has 1 fully saturated rings. The molecule has 0 aliphatic heterocycles. The molecule has 1 saturated carbocycles. The highest BCUT2D eigenvalue weighted by Gasteiger charge is 2.35. The van der Waals surface area contributed by atoms with E-state index in [9.17, 15) is 9.59 Å². The molecule has 0 radical (unpaired) electrons. The Labute approximate surface area is 152 Å². The number of carboxylic acids is 1. The average molecular weight is 354 g/mol. The molecule has 6 heteroatoms. The third kappa shape index (κ3) is 4.59. The number of carbonyl (C=O) groups is 2. The number of aliphatic carboxylic acids is 1. The van der Waals surface area contributed by atoms with Crippen LogP contribution in [0.1, 0.15) is 35.7 Å². The van der Waals surface area contributed by atoms with E-state index in [1.54, 1.807) is 48.5 Å². The van der Waals surface area contributed by atoms with Gasteiger partial charge in [-0.3, -0.25) is 14.6 Å². The Kier molecular flexibility index (Phi) is 5.51. The van der Waals surface area contributed by atoms with Crippen molar-refractivity contribution in [2.75, 3.05) is 6.54 Å². The first-order valence-electron chi connectivity index (χ1n) is 8.70. The Bertz CT molecular complexity index is 774. The van der Waals surface area contributed by atoms with E-state index in [4.69, 9.17) is 9.84 Å². The average Bonchev–Trinajstić information content (AvgIpc) is 3.49. The zero-order valence-corrected chi connectivity index (χ0v) is 14.7. The summed E-state index contributed by atoms with van der Waals surface area (Å²) in [5, 5.41) is 9.14. The minimum Gasteiger partial charge on any atom is -0.489 e.